The fourth-order valence-electron chi connectivity index (χ4n) is 2.18. The zero-order valence-corrected chi connectivity index (χ0v) is 13.9. The molecule has 0 atom stereocenters. The highest BCUT2D eigenvalue weighted by molar-refractivity contribution is 6.33. The quantitative estimate of drug-likeness (QED) is 0.631. The standard InChI is InChI=1S/C18H15ClN2O3/c1-11(2)23-14-6-4-13(5-7-14)18-20-17(21-24-18)15-8-3-12(10-22)9-16(15)19/h3-11H,1-2H3. The van der Waals surface area contributed by atoms with Crippen molar-refractivity contribution in [2.75, 3.05) is 0 Å². The van der Waals surface area contributed by atoms with Gasteiger partial charge < -0.3 is 9.26 Å². The minimum Gasteiger partial charge on any atom is -0.491 e. The van der Waals surface area contributed by atoms with E-state index in [0.29, 0.717) is 27.9 Å². The van der Waals surface area contributed by atoms with Crippen LogP contribution in [0, 0.1) is 0 Å². The maximum atomic E-state index is 10.8. The van der Waals surface area contributed by atoms with Gasteiger partial charge in [0.1, 0.15) is 12.0 Å². The van der Waals surface area contributed by atoms with Crippen LogP contribution >= 0.6 is 11.6 Å². The molecule has 3 aromatic rings. The minimum atomic E-state index is 0.113. The summed E-state index contributed by atoms with van der Waals surface area (Å²) in [4.78, 5) is 15.1. The molecule has 0 unspecified atom stereocenters. The van der Waals surface area contributed by atoms with Crippen LogP contribution in [-0.4, -0.2) is 22.5 Å². The smallest absolute Gasteiger partial charge is 0.258 e. The van der Waals surface area contributed by atoms with Crippen LogP contribution in [0.2, 0.25) is 5.02 Å². The molecule has 0 saturated carbocycles. The monoisotopic (exact) mass is 342 g/mol. The fraction of sp³-hybridized carbons (Fsp3) is 0.167. The first-order chi connectivity index (χ1) is 11.6. The topological polar surface area (TPSA) is 65.2 Å². The Morgan fingerprint density at radius 2 is 1.92 bits per heavy atom. The van der Waals surface area contributed by atoms with E-state index in [9.17, 15) is 4.79 Å². The van der Waals surface area contributed by atoms with Crippen molar-refractivity contribution in [1.82, 2.24) is 10.1 Å². The van der Waals surface area contributed by atoms with Crippen LogP contribution in [0.25, 0.3) is 22.8 Å². The highest BCUT2D eigenvalue weighted by Gasteiger charge is 2.14. The predicted octanol–water partition coefficient (Wildman–Crippen LogP) is 4.66. The number of carbonyl (C=O) groups excluding carboxylic acids is 1. The Kier molecular flexibility index (Phi) is 4.62. The van der Waals surface area contributed by atoms with Crippen LogP contribution in [0.4, 0.5) is 0 Å². The number of ether oxygens (including phenoxy) is 1. The van der Waals surface area contributed by atoms with Gasteiger partial charge in [-0.3, -0.25) is 4.79 Å². The van der Waals surface area contributed by atoms with E-state index in [0.717, 1.165) is 17.6 Å². The van der Waals surface area contributed by atoms with E-state index < -0.39 is 0 Å². The summed E-state index contributed by atoms with van der Waals surface area (Å²) in [6, 6.07) is 12.3. The lowest BCUT2D eigenvalue weighted by molar-refractivity contribution is 0.112. The summed E-state index contributed by atoms with van der Waals surface area (Å²) in [5.41, 5.74) is 1.88. The fourth-order valence-corrected chi connectivity index (χ4v) is 2.46. The van der Waals surface area contributed by atoms with Gasteiger partial charge in [0.15, 0.2) is 0 Å². The molecule has 1 aromatic heterocycles. The van der Waals surface area contributed by atoms with Crippen molar-refractivity contribution in [3.8, 4) is 28.6 Å². The third-order valence-electron chi connectivity index (χ3n) is 3.27. The number of nitrogens with zero attached hydrogens (tertiary/aromatic N) is 2. The molecular formula is C18H15ClN2O3. The third kappa shape index (κ3) is 3.46. The number of benzene rings is 2. The van der Waals surface area contributed by atoms with E-state index in [1.165, 1.54) is 0 Å². The van der Waals surface area contributed by atoms with Gasteiger partial charge in [-0.2, -0.15) is 4.98 Å². The average Bonchev–Trinajstić information content (AvgIpc) is 3.04. The molecule has 0 aliphatic rings. The predicted molar refractivity (Wildman–Crippen MR) is 91.3 cm³/mol. The van der Waals surface area contributed by atoms with Crippen molar-refractivity contribution in [1.29, 1.82) is 0 Å². The molecule has 0 fully saturated rings. The number of aldehydes is 1. The van der Waals surface area contributed by atoms with Crippen molar-refractivity contribution in [3.63, 3.8) is 0 Å². The van der Waals surface area contributed by atoms with Crippen molar-refractivity contribution >= 4 is 17.9 Å². The van der Waals surface area contributed by atoms with Gasteiger partial charge in [-0.25, -0.2) is 0 Å². The summed E-state index contributed by atoms with van der Waals surface area (Å²) in [5.74, 6) is 1.53. The van der Waals surface area contributed by atoms with Gasteiger partial charge in [0, 0.05) is 16.7 Å². The first-order valence-electron chi connectivity index (χ1n) is 7.42. The molecular weight excluding hydrogens is 328 g/mol. The highest BCUT2D eigenvalue weighted by atomic mass is 35.5. The molecule has 0 radical (unpaired) electrons. The van der Waals surface area contributed by atoms with E-state index in [2.05, 4.69) is 10.1 Å². The lowest BCUT2D eigenvalue weighted by Crippen LogP contribution is -2.05. The molecule has 6 heteroatoms. The number of halogens is 1. The lowest BCUT2D eigenvalue weighted by atomic mass is 10.1. The van der Waals surface area contributed by atoms with Crippen LogP contribution in [0.15, 0.2) is 47.0 Å². The summed E-state index contributed by atoms with van der Waals surface area (Å²) < 4.78 is 10.9. The maximum absolute atomic E-state index is 10.8. The molecule has 1 heterocycles. The first kappa shape index (κ1) is 16.2. The SMILES string of the molecule is CC(C)Oc1ccc(-c2nc(-c3ccc(C=O)cc3Cl)no2)cc1. The number of rotatable bonds is 5. The molecule has 0 bridgehead atoms. The van der Waals surface area contributed by atoms with E-state index in [1.54, 1.807) is 18.2 Å². The Bertz CT molecular complexity index is 857. The van der Waals surface area contributed by atoms with Gasteiger partial charge in [-0.05, 0) is 50.2 Å². The summed E-state index contributed by atoms with van der Waals surface area (Å²) in [7, 11) is 0. The zero-order valence-electron chi connectivity index (χ0n) is 13.2. The zero-order chi connectivity index (χ0) is 17.1. The van der Waals surface area contributed by atoms with Gasteiger partial charge in [-0.15, -0.1) is 0 Å². The molecule has 0 saturated heterocycles. The number of hydrogen-bond donors (Lipinski definition) is 0. The Labute approximate surface area is 144 Å². The molecule has 3 rings (SSSR count). The number of carbonyl (C=O) groups is 1. The Hall–Kier alpha value is -2.66. The van der Waals surface area contributed by atoms with Gasteiger partial charge in [0.2, 0.25) is 5.82 Å². The van der Waals surface area contributed by atoms with Gasteiger partial charge >= 0.3 is 0 Å². The molecule has 0 spiro atoms. The van der Waals surface area contributed by atoms with E-state index >= 15 is 0 Å². The molecule has 2 aromatic carbocycles. The Morgan fingerprint density at radius 1 is 1.17 bits per heavy atom. The van der Waals surface area contributed by atoms with Crippen LogP contribution in [-0.2, 0) is 0 Å². The van der Waals surface area contributed by atoms with Crippen molar-refractivity contribution in [2.45, 2.75) is 20.0 Å². The summed E-state index contributed by atoms with van der Waals surface area (Å²) in [5, 5.41) is 4.36. The second-order valence-electron chi connectivity index (χ2n) is 5.47. The first-order valence-corrected chi connectivity index (χ1v) is 7.80. The average molecular weight is 343 g/mol. The normalized spacial score (nSPS) is 10.8. The third-order valence-corrected chi connectivity index (χ3v) is 3.58. The van der Waals surface area contributed by atoms with E-state index in [-0.39, 0.29) is 6.10 Å². The maximum Gasteiger partial charge on any atom is 0.258 e. The van der Waals surface area contributed by atoms with Crippen molar-refractivity contribution in [3.05, 3.63) is 53.1 Å². The van der Waals surface area contributed by atoms with Gasteiger partial charge in [0.05, 0.1) is 11.1 Å². The van der Waals surface area contributed by atoms with Crippen molar-refractivity contribution < 1.29 is 14.1 Å². The van der Waals surface area contributed by atoms with E-state index in [1.807, 2.05) is 38.1 Å². The van der Waals surface area contributed by atoms with Crippen molar-refractivity contribution in [2.24, 2.45) is 0 Å². The van der Waals surface area contributed by atoms with Crippen LogP contribution in [0.5, 0.6) is 5.75 Å². The number of aromatic nitrogens is 2. The van der Waals surface area contributed by atoms with Gasteiger partial charge in [-0.1, -0.05) is 22.8 Å². The summed E-state index contributed by atoms with van der Waals surface area (Å²) >= 11 is 6.17. The van der Waals surface area contributed by atoms with E-state index in [4.69, 9.17) is 20.9 Å². The van der Waals surface area contributed by atoms with Crippen LogP contribution < -0.4 is 4.74 Å². The number of hydrogen-bond acceptors (Lipinski definition) is 5. The molecule has 5 nitrogen and oxygen atoms in total. The Morgan fingerprint density at radius 3 is 2.54 bits per heavy atom. The molecule has 0 amide bonds. The molecule has 0 aliphatic carbocycles. The summed E-state index contributed by atoms with van der Waals surface area (Å²) in [6.07, 6.45) is 0.847. The molecule has 122 valence electrons. The van der Waals surface area contributed by atoms with Crippen LogP contribution in [0.1, 0.15) is 24.2 Å². The molecule has 0 aliphatic heterocycles. The molecule has 24 heavy (non-hydrogen) atoms. The Balaban J connectivity index is 1.86. The second-order valence-corrected chi connectivity index (χ2v) is 5.88. The lowest BCUT2D eigenvalue weighted by Gasteiger charge is -2.09. The van der Waals surface area contributed by atoms with Gasteiger partial charge in [0.25, 0.3) is 5.89 Å². The highest BCUT2D eigenvalue weighted by Crippen LogP contribution is 2.29. The van der Waals surface area contributed by atoms with Crippen LogP contribution in [0.3, 0.4) is 0 Å². The summed E-state index contributed by atoms with van der Waals surface area (Å²) in [6.45, 7) is 3.94. The minimum absolute atomic E-state index is 0.113. The molecule has 0 N–H and O–H groups in total. The largest absolute Gasteiger partial charge is 0.491 e. The second kappa shape index (κ2) is 6.84.